The molecule has 6 nitrogen and oxygen atoms in total. The standard InChI is InChI=1S/C35H40Cl2N2O4S/c1-34(2,3)44(42,43)22-30(23-13-14-23)39-32(24-15-17-26(36)18-16-24)29(25-9-8-10-27(37)19-25)20-35(4,33(39)41)21-31(40)38-28-11-6-5-7-12-28/h5-12,15-19,23,29-30,32H,13-14,20-22H2,1-4H3,(H,38,40)/t29-,30-,32-,35+/m1/s1. The summed E-state index contributed by atoms with van der Waals surface area (Å²) in [5.74, 6) is -0.843. The second kappa shape index (κ2) is 12.5. The molecule has 0 unspecified atom stereocenters. The van der Waals surface area contributed by atoms with Crippen molar-refractivity contribution in [1.82, 2.24) is 4.90 Å². The molecule has 234 valence electrons. The average molecular weight is 656 g/mol. The van der Waals surface area contributed by atoms with E-state index in [1.807, 2.05) is 66.4 Å². The molecule has 9 heteroatoms. The smallest absolute Gasteiger partial charge is 0.229 e. The van der Waals surface area contributed by atoms with Gasteiger partial charge < -0.3 is 10.2 Å². The van der Waals surface area contributed by atoms with Gasteiger partial charge >= 0.3 is 0 Å². The summed E-state index contributed by atoms with van der Waals surface area (Å²) in [4.78, 5) is 30.3. The first-order valence-electron chi connectivity index (χ1n) is 15.1. The Morgan fingerprint density at radius 2 is 1.61 bits per heavy atom. The molecule has 1 saturated carbocycles. The molecule has 0 aromatic heterocycles. The largest absolute Gasteiger partial charge is 0.330 e. The molecule has 1 N–H and O–H groups in total. The van der Waals surface area contributed by atoms with Crippen LogP contribution in [0.5, 0.6) is 0 Å². The van der Waals surface area contributed by atoms with E-state index in [4.69, 9.17) is 23.2 Å². The molecule has 1 heterocycles. The quantitative estimate of drug-likeness (QED) is 0.253. The van der Waals surface area contributed by atoms with Crippen molar-refractivity contribution in [3.05, 3.63) is 100 Å². The number of amides is 2. The van der Waals surface area contributed by atoms with Gasteiger partial charge in [0.15, 0.2) is 9.84 Å². The van der Waals surface area contributed by atoms with Crippen LogP contribution in [0.4, 0.5) is 5.69 Å². The number of rotatable bonds is 9. The number of nitrogens with zero attached hydrogens (tertiary/aromatic N) is 1. The SMILES string of the molecule is CC(C)(C)S(=O)(=O)C[C@H](C1CC1)N1C(=O)[C@](C)(CC(=O)Nc2ccccc2)C[C@H](c2cccc(Cl)c2)[C@H]1c1ccc(Cl)cc1. The predicted molar refractivity (Wildman–Crippen MR) is 178 cm³/mol. The Morgan fingerprint density at radius 1 is 0.955 bits per heavy atom. The van der Waals surface area contributed by atoms with Crippen LogP contribution in [0.25, 0.3) is 0 Å². The Morgan fingerprint density at radius 3 is 2.20 bits per heavy atom. The monoisotopic (exact) mass is 654 g/mol. The van der Waals surface area contributed by atoms with Crippen molar-refractivity contribution in [2.75, 3.05) is 11.1 Å². The van der Waals surface area contributed by atoms with Crippen LogP contribution in [0.3, 0.4) is 0 Å². The first-order chi connectivity index (χ1) is 20.7. The van der Waals surface area contributed by atoms with Gasteiger partial charge in [0.2, 0.25) is 11.8 Å². The van der Waals surface area contributed by atoms with Crippen LogP contribution >= 0.6 is 23.2 Å². The third kappa shape index (κ3) is 7.00. The van der Waals surface area contributed by atoms with Gasteiger partial charge in [0.05, 0.1) is 22.0 Å². The Balaban J connectivity index is 1.65. The van der Waals surface area contributed by atoms with Crippen molar-refractivity contribution in [3.63, 3.8) is 0 Å². The Hall–Kier alpha value is -2.87. The first kappa shape index (κ1) is 32.5. The van der Waals surface area contributed by atoms with Crippen molar-refractivity contribution in [1.29, 1.82) is 0 Å². The third-order valence-electron chi connectivity index (χ3n) is 9.05. The zero-order valence-corrected chi connectivity index (χ0v) is 27.9. The third-order valence-corrected chi connectivity index (χ3v) is 12.2. The van der Waals surface area contributed by atoms with Crippen LogP contribution < -0.4 is 5.32 Å². The van der Waals surface area contributed by atoms with Crippen LogP contribution in [0, 0.1) is 11.3 Å². The minimum Gasteiger partial charge on any atom is -0.330 e. The molecular weight excluding hydrogens is 615 g/mol. The van der Waals surface area contributed by atoms with Gasteiger partial charge in [-0.1, -0.05) is 72.6 Å². The fourth-order valence-corrected chi connectivity index (χ4v) is 8.10. The van der Waals surface area contributed by atoms with Crippen LogP contribution in [-0.4, -0.2) is 41.7 Å². The van der Waals surface area contributed by atoms with E-state index in [1.54, 1.807) is 45.0 Å². The van der Waals surface area contributed by atoms with Gasteiger partial charge in [0.25, 0.3) is 0 Å². The molecule has 2 amide bonds. The second-order valence-electron chi connectivity index (χ2n) is 13.5. The molecule has 4 atom stereocenters. The summed E-state index contributed by atoms with van der Waals surface area (Å²) in [6.07, 6.45) is 2.01. The van der Waals surface area contributed by atoms with Crippen LogP contribution in [-0.2, 0) is 19.4 Å². The Labute approximate surface area is 271 Å². The number of anilines is 1. The molecule has 2 aliphatic rings. The molecule has 3 aromatic rings. The molecule has 2 fully saturated rings. The minimum absolute atomic E-state index is 0.0476. The van der Waals surface area contributed by atoms with E-state index in [2.05, 4.69) is 5.32 Å². The molecule has 1 saturated heterocycles. The normalized spacial score (nSPS) is 23.3. The summed E-state index contributed by atoms with van der Waals surface area (Å²) in [6, 6.07) is 23.2. The Bertz CT molecular complexity index is 1620. The maximum atomic E-state index is 14.9. The molecule has 1 aliphatic heterocycles. The number of nitrogens with one attached hydrogen (secondary N) is 1. The molecule has 3 aromatic carbocycles. The van der Waals surface area contributed by atoms with Crippen molar-refractivity contribution in [2.45, 2.75) is 76.1 Å². The van der Waals surface area contributed by atoms with Crippen molar-refractivity contribution in [3.8, 4) is 0 Å². The zero-order valence-electron chi connectivity index (χ0n) is 25.6. The fourth-order valence-electron chi connectivity index (χ4n) is 6.39. The number of carbonyl (C=O) groups is 2. The number of carbonyl (C=O) groups excluding carboxylic acids is 2. The van der Waals surface area contributed by atoms with E-state index in [9.17, 15) is 18.0 Å². The predicted octanol–water partition coefficient (Wildman–Crippen LogP) is 8.08. The lowest BCUT2D eigenvalue weighted by Gasteiger charge is -2.52. The van der Waals surface area contributed by atoms with Crippen molar-refractivity contribution in [2.24, 2.45) is 11.3 Å². The summed E-state index contributed by atoms with van der Waals surface area (Å²) in [6.45, 7) is 6.94. The number of sulfone groups is 1. The summed E-state index contributed by atoms with van der Waals surface area (Å²) in [5.41, 5.74) is 1.34. The van der Waals surface area contributed by atoms with Gasteiger partial charge in [-0.15, -0.1) is 0 Å². The molecule has 1 aliphatic carbocycles. The maximum absolute atomic E-state index is 14.9. The van der Waals surface area contributed by atoms with Gasteiger partial charge in [-0.25, -0.2) is 8.42 Å². The van der Waals surface area contributed by atoms with E-state index in [1.165, 1.54) is 0 Å². The van der Waals surface area contributed by atoms with E-state index in [0.29, 0.717) is 22.2 Å². The number of hydrogen-bond acceptors (Lipinski definition) is 4. The molecule has 0 radical (unpaired) electrons. The van der Waals surface area contributed by atoms with Crippen LogP contribution in [0.2, 0.25) is 10.0 Å². The molecule has 0 spiro atoms. The molecule has 44 heavy (non-hydrogen) atoms. The fraction of sp³-hybridized carbons (Fsp3) is 0.429. The van der Waals surface area contributed by atoms with Gasteiger partial charge in [0.1, 0.15) is 0 Å². The van der Waals surface area contributed by atoms with Gasteiger partial charge in [-0.05, 0) is 93.5 Å². The zero-order chi connectivity index (χ0) is 31.9. The number of para-hydroxylation sites is 1. The van der Waals surface area contributed by atoms with Crippen LogP contribution in [0.1, 0.15) is 76.5 Å². The first-order valence-corrected chi connectivity index (χ1v) is 17.5. The summed E-state index contributed by atoms with van der Waals surface area (Å²) >= 11 is 12.8. The highest BCUT2D eigenvalue weighted by atomic mass is 35.5. The second-order valence-corrected chi connectivity index (χ2v) is 17.2. The lowest BCUT2D eigenvalue weighted by atomic mass is 9.67. The number of halogens is 2. The minimum atomic E-state index is -3.59. The van der Waals surface area contributed by atoms with E-state index >= 15 is 0 Å². The number of likely N-dealkylation sites (tertiary alicyclic amines) is 1. The molecular formula is C35H40Cl2N2O4S. The van der Waals surface area contributed by atoms with Crippen molar-refractivity contribution >= 4 is 50.5 Å². The Kier molecular flexibility index (Phi) is 9.23. The lowest BCUT2D eigenvalue weighted by Crippen LogP contribution is -2.59. The average Bonchev–Trinajstić information content (AvgIpc) is 3.79. The highest BCUT2D eigenvalue weighted by Crippen LogP contribution is 2.54. The summed E-state index contributed by atoms with van der Waals surface area (Å²) in [5, 5.41) is 4.08. The number of piperidine rings is 1. The molecule has 5 rings (SSSR count). The van der Waals surface area contributed by atoms with E-state index in [0.717, 1.165) is 24.0 Å². The van der Waals surface area contributed by atoms with E-state index in [-0.39, 0.29) is 35.8 Å². The summed E-state index contributed by atoms with van der Waals surface area (Å²) < 4.78 is 26.5. The maximum Gasteiger partial charge on any atom is 0.229 e. The van der Waals surface area contributed by atoms with Gasteiger partial charge in [-0.2, -0.15) is 0 Å². The highest BCUT2D eigenvalue weighted by Gasteiger charge is 2.55. The van der Waals surface area contributed by atoms with Crippen molar-refractivity contribution < 1.29 is 18.0 Å². The van der Waals surface area contributed by atoms with Crippen LogP contribution in [0.15, 0.2) is 78.9 Å². The topological polar surface area (TPSA) is 83.6 Å². The molecule has 0 bridgehead atoms. The number of benzene rings is 3. The van der Waals surface area contributed by atoms with E-state index < -0.39 is 32.1 Å². The van der Waals surface area contributed by atoms with Gasteiger partial charge in [0, 0.05) is 34.1 Å². The van der Waals surface area contributed by atoms with Gasteiger partial charge in [-0.3, -0.25) is 9.59 Å². The number of hydrogen-bond donors (Lipinski definition) is 1. The lowest BCUT2D eigenvalue weighted by molar-refractivity contribution is -0.156. The highest BCUT2D eigenvalue weighted by molar-refractivity contribution is 7.92. The summed E-state index contributed by atoms with van der Waals surface area (Å²) in [7, 11) is -3.59.